The number of halogens is 2. The minimum atomic E-state index is -0.521. The number of allylic oxidation sites excluding steroid dienone is 1. The van der Waals surface area contributed by atoms with Gasteiger partial charge in [0.2, 0.25) is 0 Å². The van der Waals surface area contributed by atoms with E-state index < -0.39 is 5.91 Å². The van der Waals surface area contributed by atoms with E-state index in [0.717, 1.165) is 28.9 Å². The molecule has 2 aromatic carbocycles. The molecule has 0 atom stereocenters. The molecule has 1 aliphatic rings. The molecule has 1 N–H and O–H groups in total. The second kappa shape index (κ2) is 8.78. The number of benzene rings is 2. The van der Waals surface area contributed by atoms with Gasteiger partial charge in [0.25, 0.3) is 5.91 Å². The first-order valence-electron chi connectivity index (χ1n) is 10.1. The van der Waals surface area contributed by atoms with E-state index in [1.165, 1.54) is 11.6 Å². The lowest BCUT2D eigenvalue weighted by molar-refractivity contribution is -0.112. The molecule has 1 heterocycles. The zero-order valence-electron chi connectivity index (χ0n) is 18.3. The maximum Gasteiger partial charge on any atom is 0.266 e. The molecule has 0 fully saturated rings. The van der Waals surface area contributed by atoms with Gasteiger partial charge in [0.05, 0.1) is 16.2 Å². The number of anilines is 2. The maximum absolute atomic E-state index is 12.7. The Balaban J connectivity index is 1.99. The van der Waals surface area contributed by atoms with Gasteiger partial charge in [-0.25, -0.2) is 0 Å². The Morgan fingerprint density at radius 3 is 2.55 bits per heavy atom. The number of nitrogens with zero attached hydrogens (tertiary/aromatic N) is 2. The predicted octanol–water partition coefficient (Wildman–Crippen LogP) is 6.87. The standard InChI is InChI=1S/C25H25Cl2N3O/c1-6-30-23-9-15(2)17(11-20(23)16(3)13-25(30,4)5)10-18(14-28)24(31)29-22-8-7-19(26)12-21(22)27/h7-13H,6H2,1-5H3,(H,29,31)/b18-10+. The molecule has 31 heavy (non-hydrogen) atoms. The highest BCUT2D eigenvalue weighted by Gasteiger charge is 2.30. The molecular formula is C25H25Cl2N3O. The molecule has 0 aliphatic carbocycles. The second-order valence-electron chi connectivity index (χ2n) is 8.20. The summed E-state index contributed by atoms with van der Waals surface area (Å²) in [6, 6.07) is 11.0. The topological polar surface area (TPSA) is 56.1 Å². The minimum Gasteiger partial charge on any atom is -0.363 e. The van der Waals surface area contributed by atoms with E-state index in [9.17, 15) is 10.1 Å². The lowest BCUT2D eigenvalue weighted by Gasteiger charge is -2.43. The van der Waals surface area contributed by atoms with Gasteiger partial charge in [0.1, 0.15) is 11.6 Å². The average molecular weight is 454 g/mol. The second-order valence-corrected chi connectivity index (χ2v) is 9.04. The predicted molar refractivity (Wildman–Crippen MR) is 131 cm³/mol. The van der Waals surface area contributed by atoms with E-state index in [1.807, 2.05) is 19.1 Å². The monoisotopic (exact) mass is 453 g/mol. The van der Waals surface area contributed by atoms with Crippen molar-refractivity contribution < 1.29 is 4.79 Å². The lowest BCUT2D eigenvalue weighted by Crippen LogP contribution is -2.44. The Morgan fingerprint density at radius 1 is 1.23 bits per heavy atom. The summed E-state index contributed by atoms with van der Waals surface area (Å²) in [5.74, 6) is -0.521. The van der Waals surface area contributed by atoms with Gasteiger partial charge in [-0.15, -0.1) is 0 Å². The molecule has 6 heteroatoms. The molecule has 0 saturated heterocycles. The SMILES string of the molecule is CCN1c2cc(C)c(/C=C(\C#N)C(=O)Nc3ccc(Cl)cc3Cl)cc2C(C)=CC1(C)C. The van der Waals surface area contributed by atoms with Gasteiger partial charge < -0.3 is 10.2 Å². The van der Waals surface area contributed by atoms with Crippen LogP contribution in [0.5, 0.6) is 0 Å². The highest BCUT2D eigenvalue weighted by molar-refractivity contribution is 6.36. The molecule has 160 valence electrons. The summed E-state index contributed by atoms with van der Waals surface area (Å²) in [7, 11) is 0. The van der Waals surface area contributed by atoms with Crippen LogP contribution in [0.1, 0.15) is 44.4 Å². The van der Waals surface area contributed by atoms with Crippen molar-refractivity contribution >= 4 is 52.1 Å². The maximum atomic E-state index is 12.7. The fraction of sp³-hybridized carbons (Fsp3) is 0.280. The van der Waals surface area contributed by atoms with Crippen LogP contribution in [0, 0.1) is 18.3 Å². The largest absolute Gasteiger partial charge is 0.363 e. The Bertz CT molecular complexity index is 1160. The van der Waals surface area contributed by atoms with Gasteiger partial charge in [-0.3, -0.25) is 4.79 Å². The van der Waals surface area contributed by atoms with Crippen molar-refractivity contribution in [2.24, 2.45) is 0 Å². The van der Waals surface area contributed by atoms with Crippen LogP contribution in [0.25, 0.3) is 11.6 Å². The number of rotatable bonds is 4. The van der Waals surface area contributed by atoms with E-state index in [2.05, 4.69) is 50.1 Å². The normalized spacial score (nSPS) is 15.1. The molecule has 0 saturated carbocycles. The Hall–Kier alpha value is -2.74. The van der Waals surface area contributed by atoms with Crippen molar-refractivity contribution in [3.05, 3.63) is 68.7 Å². The summed E-state index contributed by atoms with van der Waals surface area (Å²) in [4.78, 5) is 15.1. The number of likely N-dealkylation sites (N-methyl/N-ethyl adjacent to an activating group) is 1. The average Bonchev–Trinajstić information content (AvgIpc) is 2.68. The van der Waals surface area contributed by atoms with E-state index in [1.54, 1.807) is 18.2 Å². The van der Waals surface area contributed by atoms with E-state index in [0.29, 0.717) is 15.7 Å². The van der Waals surface area contributed by atoms with Crippen molar-refractivity contribution in [2.75, 3.05) is 16.8 Å². The number of amides is 1. The smallest absolute Gasteiger partial charge is 0.266 e. The van der Waals surface area contributed by atoms with E-state index >= 15 is 0 Å². The van der Waals surface area contributed by atoms with Crippen molar-refractivity contribution in [2.45, 2.75) is 40.2 Å². The molecule has 2 aromatic rings. The van der Waals surface area contributed by atoms with Crippen LogP contribution >= 0.6 is 23.2 Å². The zero-order valence-corrected chi connectivity index (χ0v) is 19.8. The Morgan fingerprint density at radius 2 is 1.94 bits per heavy atom. The van der Waals surface area contributed by atoms with Crippen LogP contribution in [0.3, 0.4) is 0 Å². The Labute approximate surface area is 193 Å². The molecule has 1 aliphatic heterocycles. The van der Waals surface area contributed by atoms with E-state index in [4.69, 9.17) is 23.2 Å². The lowest BCUT2D eigenvalue weighted by atomic mass is 9.86. The van der Waals surface area contributed by atoms with Crippen molar-refractivity contribution in [3.8, 4) is 6.07 Å². The summed E-state index contributed by atoms with van der Waals surface area (Å²) in [5, 5.41) is 13.1. The number of nitrogens with one attached hydrogen (secondary N) is 1. The van der Waals surface area contributed by atoms with Crippen LogP contribution < -0.4 is 10.2 Å². The fourth-order valence-corrected chi connectivity index (χ4v) is 4.52. The summed E-state index contributed by atoms with van der Waals surface area (Å²) in [6.45, 7) is 11.5. The minimum absolute atomic E-state index is 0.000753. The molecule has 0 spiro atoms. The first kappa shape index (κ1) is 22.9. The molecule has 3 rings (SSSR count). The van der Waals surface area contributed by atoms with Gasteiger partial charge in [0.15, 0.2) is 0 Å². The number of carbonyl (C=O) groups excluding carboxylic acids is 1. The quantitative estimate of drug-likeness (QED) is 0.405. The van der Waals surface area contributed by atoms with Crippen molar-refractivity contribution in [1.82, 2.24) is 0 Å². The molecule has 4 nitrogen and oxygen atoms in total. The third kappa shape index (κ3) is 4.63. The number of aryl methyl sites for hydroxylation is 1. The molecule has 0 unspecified atom stereocenters. The van der Waals surface area contributed by atoms with Crippen LogP contribution in [0.2, 0.25) is 10.0 Å². The number of carbonyl (C=O) groups is 1. The van der Waals surface area contributed by atoms with Gasteiger partial charge >= 0.3 is 0 Å². The van der Waals surface area contributed by atoms with Gasteiger partial charge in [-0.2, -0.15) is 5.26 Å². The molecular weight excluding hydrogens is 429 g/mol. The molecule has 0 aromatic heterocycles. The van der Waals surface area contributed by atoms with E-state index in [-0.39, 0.29) is 11.1 Å². The van der Waals surface area contributed by atoms with Crippen molar-refractivity contribution in [1.29, 1.82) is 5.26 Å². The number of hydrogen-bond acceptors (Lipinski definition) is 3. The van der Waals surface area contributed by atoms with Crippen LogP contribution in [0.4, 0.5) is 11.4 Å². The molecule has 0 bridgehead atoms. The summed E-state index contributed by atoms with van der Waals surface area (Å²) >= 11 is 12.0. The molecule has 1 amide bonds. The summed E-state index contributed by atoms with van der Waals surface area (Å²) in [6.07, 6.45) is 3.88. The zero-order chi connectivity index (χ0) is 22.9. The first-order chi connectivity index (χ1) is 14.6. The van der Waals surface area contributed by atoms with Crippen LogP contribution in [-0.4, -0.2) is 18.0 Å². The van der Waals surface area contributed by atoms with Crippen molar-refractivity contribution in [3.63, 3.8) is 0 Å². The molecule has 0 radical (unpaired) electrons. The van der Waals surface area contributed by atoms with Crippen LogP contribution in [0.15, 0.2) is 42.0 Å². The summed E-state index contributed by atoms with van der Waals surface area (Å²) in [5.41, 5.74) is 5.59. The highest BCUT2D eigenvalue weighted by Crippen LogP contribution is 2.40. The number of nitriles is 1. The van der Waals surface area contributed by atoms with Crippen LogP contribution in [-0.2, 0) is 4.79 Å². The number of hydrogen-bond donors (Lipinski definition) is 1. The van der Waals surface area contributed by atoms with Gasteiger partial charge in [-0.05, 0) is 87.7 Å². The highest BCUT2D eigenvalue weighted by atomic mass is 35.5. The third-order valence-electron chi connectivity index (χ3n) is 5.53. The number of fused-ring (bicyclic) bond motifs is 1. The van der Waals surface area contributed by atoms with Gasteiger partial charge in [-0.1, -0.05) is 29.3 Å². The first-order valence-corrected chi connectivity index (χ1v) is 10.8. The fourth-order valence-electron chi connectivity index (χ4n) is 4.06. The van der Waals surface area contributed by atoms with Gasteiger partial charge in [0, 0.05) is 22.8 Å². The summed E-state index contributed by atoms with van der Waals surface area (Å²) < 4.78 is 0. The Kier molecular flexibility index (Phi) is 6.50. The third-order valence-corrected chi connectivity index (χ3v) is 6.07.